The van der Waals surface area contributed by atoms with Crippen LogP contribution in [0.1, 0.15) is 62.6 Å². The SMILES string of the molecule is C#Cc1ccc2c(c1)[nH]c1c2c(=O)c2cc(C(C)C)c(-c3cccc(OS(=O)(=O)F)c3)cc2n1C1CCCC1. The molecule has 0 radical (unpaired) electrons. The highest BCUT2D eigenvalue weighted by Gasteiger charge is 2.25. The summed E-state index contributed by atoms with van der Waals surface area (Å²) in [6, 6.07) is 16.2. The maximum absolute atomic E-state index is 14.1. The molecule has 6 nitrogen and oxygen atoms in total. The monoisotopic (exact) mass is 542 g/mol. The first-order valence-corrected chi connectivity index (χ1v) is 14.3. The van der Waals surface area contributed by atoms with Gasteiger partial charge in [0.15, 0.2) is 5.43 Å². The normalized spacial score (nSPS) is 14.5. The lowest BCUT2D eigenvalue weighted by Crippen LogP contribution is -2.15. The Hall–Kier alpha value is -4.09. The van der Waals surface area contributed by atoms with Crippen LogP contribution in [-0.4, -0.2) is 18.0 Å². The van der Waals surface area contributed by atoms with Crippen molar-refractivity contribution in [2.24, 2.45) is 0 Å². The van der Waals surface area contributed by atoms with Gasteiger partial charge in [0.1, 0.15) is 11.4 Å². The fraction of sp³-hybridized carbons (Fsp3) is 0.258. The predicted molar refractivity (Wildman–Crippen MR) is 153 cm³/mol. The van der Waals surface area contributed by atoms with Crippen molar-refractivity contribution in [2.45, 2.75) is 51.5 Å². The standard InChI is InChI=1S/C31H27FN2O4S/c1-4-19-12-13-23-27(14-19)33-31-29(23)30(35)26-16-24(18(2)3)25(17-28(26)34(31)21-9-5-6-10-21)20-8-7-11-22(15-20)38-39(32,36)37/h1,7-8,11-18,21,33H,5-6,9-10H2,2-3H3. The van der Waals surface area contributed by atoms with Crippen molar-refractivity contribution in [2.75, 3.05) is 0 Å². The van der Waals surface area contributed by atoms with Crippen LogP contribution in [-0.2, 0) is 10.5 Å². The van der Waals surface area contributed by atoms with E-state index < -0.39 is 10.5 Å². The summed E-state index contributed by atoms with van der Waals surface area (Å²) >= 11 is 0. The number of halogens is 1. The highest BCUT2D eigenvalue weighted by atomic mass is 32.3. The highest BCUT2D eigenvalue weighted by Crippen LogP contribution is 2.40. The first-order valence-electron chi connectivity index (χ1n) is 13.0. The summed E-state index contributed by atoms with van der Waals surface area (Å²) in [7, 11) is -5.16. The van der Waals surface area contributed by atoms with Gasteiger partial charge in [0.25, 0.3) is 0 Å². The van der Waals surface area contributed by atoms with Gasteiger partial charge in [-0.05, 0) is 71.8 Å². The molecule has 1 fully saturated rings. The van der Waals surface area contributed by atoms with E-state index in [4.69, 9.17) is 6.42 Å². The number of rotatable bonds is 5. The highest BCUT2D eigenvalue weighted by molar-refractivity contribution is 7.81. The second kappa shape index (κ2) is 9.28. The van der Waals surface area contributed by atoms with Gasteiger partial charge in [-0.3, -0.25) is 4.79 Å². The Morgan fingerprint density at radius 3 is 2.54 bits per heavy atom. The predicted octanol–water partition coefficient (Wildman–Crippen LogP) is 7.12. The molecule has 2 heterocycles. The lowest BCUT2D eigenvalue weighted by Gasteiger charge is -2.22. The van der Waals surface area contributed by atoms with Crippen molar-refractivity contribution >= 4 is 43.3 Å². The Kier molecular flexibility index (Phi) is 6.00. The largest absolute Gasteiger partial charge is 0.488 e. The summed E-state index contributed by atoms with van der Waals surface area (Å²) in [5, 5.41) is 2.12. The molecule has 1 saturated carbocycles. The Morgan fingerprint density at radius 1 is 1.08 bits per heavy atom. The van der Waals surface area contributed by atoms with Gasteiger partial charge < -0.3 is 13.7 Å². The van der Waals surface area contributed by atoms with Gasteiger partial charge >= 0.3 is 10.5 Å². The number of nitrogens with one attached hydrogen (secondary N) is 1. The third-order valence-corrected chi connectivity index (χ3v) is 8.13. The summed E-state index contributed by atoms with van der Waals surface area (Å²) in [4.78, 5) is 17.6. The van der Waals surface area contributed by atoms with Crippen LogP contribution < -0.4 is 9.61 Å². The zero-order valence-electron chi connectivity index (χ0n) is 21.6. The molecule has 0 unspecified atom stereocenters. The number of aromatic nitrogens is 2. The van der Waals surface area contributed by atoms with E-state index in [0.717, 1.165) is 64.4 Å². The number of hydrogen-bond acceptors (Lipinski definition) is 4. The average Bonchev–Trinajstić information content (AvgIpc) is 3.55. The molecule has 0 spiro atoms. The molecule has 5 aromatic rings. The number of nitrogens with zero attached hydrogens (tertiary/aromatic N) is 1. The second-order valence-electron chi connectivity index (χ2n) is 10.5. The number of benzene rings is 3. The van der Waals surface area contributed by atoms with Crippen LogP contribution in [0.2, 0.25) is 0 Å². The molecule has 1 aliphatic carbocycles. The summed E-state index contributed by atoms with van der Waals surface area (Å²) < 4.78 is 42.3. The molecule has 1 N–H and O–H groups in total. The van der Waals surface area contributed by atoms with E-state index in [1.807, 2.05) is 50.2 Å². The lowest BCUT2D eigenvalue weighted by atomic mass is 9.90. The van der Waals surface area contributed by atoms with Crippen LogP contribution in [0.25, 0.3) is 44.0 Å². The number of pyridine rings is 1. The lowest BCUT2D eigenvalue weighted by molar-refractivity contribution is 0.440. The van der Waals surface area contributed by atoms with E-state index in [1.165, 1.54) is 12.1 Å². The smallest absolute Gasteiger partial charge is 0.358 e. The molecule has 1 aliphatic rings. The number of aromatic amines is 1. The van der Waals surface area contributed by atoms with Crippen LogP contribution in [0.3, 0.4) is 0 Å². The van der Waals surface area contributed by atoms with Gasteiger partial charge in [-0.25, -0.2) is 0 Å². The van der Waals surface area contributed by atoms with Crippen molar-refractivity contribution in [1.29, 1.82) is 0 Å². The van der Waals surface area contributed by atoms with Crippen LogP contribution in [0.5, 0.6) is 5.75 Å². The maximum atomic E-state index is 14.1. The van der Waals surface area contributed by atoms with E-state index in [1.54, 1.807) is 6.07 Å². The summed E-state index contributed by atoms with van der Waals surface area (Å²) in [6.45, 7) is 4.08. The molecular weight excluding hydrogens is 515 g/mol. The van der Waals surface area contributed by atoms with E-state index in [-0.39, 0.29) is 23.1 Å². The Bertz CT molecular complexity index is 1990. The van der Waals surface area contributed by atoms with Crippen LogP contribution >= 0.6 is 0 Å². The van der Waals surface area contributed by atoms with Crippen LogP contribution in [0, 0.1) is 12.3 Å². The minimum atomic E-state index is -5.16. The molecule has 0 atom stereocenters. The third kappa shape index (κ3) is 4.37. The first-order chi connectivity index (χ1) is 18.6. The molecule has 0 saturated heterocycles. The first kappa shape index (κ1) is 25.2. The van der Waals surface area contributed by atoms with Crippen molar-refractivity contribution in [3.8, 4) is 29.2 Å². The molecule has 0 aliphatic heterocycles. The molecule has 6 rings (SSSR count). The summed E-state index contributed by atoms with van der Waals surface area (Å²) in [5.41, 5.74) is 5.49. The van der Waals surface area contributed by atoms with Gasteiger partial charge in [0, 0.05) is 27.9 Å². The number of hydrogen-bond donors (Lipinski definition) is 1. The molecule has 0 amide bonds. The average molecular weight is 543 g/mol. The number of H-pyrrole nitrogens is 1. The zero-order chi connectivity index (χ0) is 27.5. The Morgan fingerprint density at radius 2 is 1.85 bits per heavy atom. The summed E-state index contributed by atoms with van der Waals surface area (Å²) in [6.07, 6.45) is 9.85. The van der Waals surface area contributed by atoms with Crippen molar-refractivity contribution < 1.29 is 16.5 Å². The Labute approximate surface area is 225 Å². The molecule has 198 valence electrons. The van der Waals surface area contributed by atoms with E-state index in [0.29, 0.717) is 16.3 Å². The molecule has 0 bridgehead atoms. The van der Waals surface area contributed by atoms with Gasteiger partial charge in [0.2, 0.25) is 0 Å². The topological polar surface area (TPSA) is 81.2 Å². The molecule has 8 heteroatoms. The fourth-order valence-corrected chi connectivity index (χ4v) is 6.36. The molecular formula is C31H27FN2O4S. The van der Waals surface area contributed by atoms with E-state index >= 15 is 0 Å². The van der Waals surface area contributed by atoms with Crippen molar-refractivity contribution in [1.82, 2.24) is 9.55 Å². The van der Waals surface area contributed by atoms with E-state index in [2.05, 4.69) is 19.7 Å². The molecule has 3 aromatic carbocycles. The van der Waals surface area contributed by atoms with E-state index in [9.17, 15) is 17.1 Å². The van der Waals surface area contributed by atoms with Gasteiger partial charge in [0.05, 0.1) is 10.9 Å². The molecule has 39 heavy (non-hydrogen) atoms. The Balaban J connectivity index is 1.71. The van der Waals surface area contributed by atoms with Crippen LogP contribution in [0.15, 0.2) is 59.4 Å². The zero-order valence-corrected chi connectivity index (χ0v) is 22.4. The summed E-state index contributed by atoms with van der Waals surface area (Å²) in [5.74, 6) is 2.60. The number of fused-ring (bicyclic) bond motifs is 4. The van der Waals surface area contributed by atoms with Crippen molar-refractivity contribution in [3.63, 3.8) is 0 Å². The minimum Gasteiger partial charge on any atom is -0.358 e. The van der Waals surface area contributed by atoms with Crippen LogP contribution in [0.4, 0.5) is 3.89 Å². The number of terminal acetylenes is 1. The van der Waals surface area contributed by atoms with Gasteiger partial charge in [-0.2, -0.15) is 8.42 Å². The quantitative estimate of drug-likeness (QED) is 0.189. The van der Waals surface area contributed by atoms with Crippen molar-refractivity contribution in [3.05, 3.63) is 75.9 Å². The maximum Gasteiger partial charge on any atom is 0.488 e. The molecule has 2 aromatic heterocycles. The third-order valence-electron chi connectivity index (χ3n) is 7.74. The fourth-order valence-electron chi connectivity index (χ4n) is 6.02. The van der Waals surface area contributed by atoms with Gasteiger partial charge in [-0.15, -0.1) is 6.42 Å². The minimum absolute atomic E-state index is 0.0510. The second-order valence-corrected chi connectivity index (χ2v) is 11.5. The van der Waals surface area contributed by atoms with Gasteiger partial charge in [-0.1, -0.05) is 54.7 Å².